The quantitative estimate of drug-likeness (QED) is 0.737. The molecule has 0 spiro atoms. The van der Waals surface area contributed by atoms with E-state index in [9.17, 15) is 4.39 Å². The third-order valence-corrected chi connectivity index (χ3v) is 7.08. The van der Waals surface area contributed by atoms with Gasteiger partial charge in [-0.05, 0) is 42.0 Å². The first-order valence-electron chi connectivity index (χ1n) is 10.5. The van der Waals surface area contributed by atoms with E-state index in [0.29, 0.717) is 23.8 Å². The molecule has 1 saturated carbocycles. The lowest BCUT2D eigenvalue weighted by molar-refractivity contribution is 0.0250. The minimum absolute atomic E-state index is 0.119. The summed E-state index contributed by atoms with van der Waals surface area (Å²) < 4.78 is 13.5. The average Bonchev–Trinajstić information content (AvgIpc) is 2.99. The number of aromatic nitrogens is 2. The van der Waals surface area contributed by atoms with Gasteiger partial charge in [0.05, 0.1) is 0 Å². The van der Waals surface area contributed by atoms with E-state index < -0.39 is 0 Å². The van der Waals surface area contributed by atoms with Crippen molar-refractivity contribution >= 4 is 23.3 Å². The number of anilines is 4. The SMILES string of the molecule is CNc1nc(NC2C3CNCC2C3C)nc2c1C(C)(C)CN2c1ccc(F)cc1. The van der Waals surface area contributed by atoms with Gasteiger partial charge in [-0.1, -0.05) is 20.8 Å². The maximum absolute atomic E-state index is 13.5. The predicted molar refractivity (Wildman–Crippen MR) is 114 cm³/mol. The zero-order valence-electron chi connectivity index (χ0n) is 17.5. The van der Waals surface area contributed by atoms with Crippen LogP contribution < -0.4 is 20.9 Å². The summed E-state index contributed by atoms with van der Waals surface area (Å²) in [6.45, 7) is 9.63. The van der Waals surface area contributed by atoms with Gasteiger partial charge in [0.15, 0.2) is 0 Å². The van der Waals surface area contributed by atoms with Gasteiger partial charge >= 0.3 is 0 Å². The Balaban J connectivity index is 1.53. The van der Waals surface area contributed by atoms with Gasteiger partial charge in [-0.25, -0.2) is 4.39 Å². The van der Waals surface area contributed by atoms with Crippen molar-refractivity contribution in [1.82, 2.24) is 15.3 Å². The van der Waals surface area contributed by atoms with E-state index in [1.54, 1.807) is 0 Å². The molecule has 29 heavy (non-hydrogen) atoms. The molecule has 2 atom stereocenters. The molecule has 3 heterocycles. The van der Waals surface area contributed by atoms with Gasteiger partial charge in [0.25, 0.3) is 0 Å². The highest BCUT2D eigenvalue weighted by atomic mass is 19.1. The predicted octanol–water partition coefficient (Wildman–Crippen LogP) is 3.35. The summed E-state index contributed by atoms with van der Waals surface area (Å²) in [5, 5.41) is 10.4. The van der Waals surface area contributed by atoms with Crippen LogP contribution in [0.5, 0.6) is 0 Å². The van der Waals surface area contributed by atoms with E-state index in [-0.39, 0.29) is 11.2 Å². The van der Waals surface area contributed by atoms with Gasteiger partial charge in [-0.15, -0.1) is 0 Å². The van der Waals surface area contributed by atoms with Gasteiger partial charge in [0.2, 0.25) is 5.95 Å². The molecule has 154 valence electrons. The molecular formula is C22H29FN6. The number of rotatable bonds is 4. The van der Waals surface area contributed by atoms with E-state index in [1.165, 1.54) is 12.1 Å². The number of nitrogens with zero attached hydrogens (tertiary/aromatic N) is 3. The van der Waals surface area contributed by atoms with Crippen LogP contribution in [-0.2, 0) is 5.41 Å². The van der Waals surface area contributed by atoms with Crippen LogP contribution in [0.3, 0.4) is 0 Å². The second-order valence-electron chi connectivity index (χ2n) is 9.31. The van der Waals surface area contributed by atoms with Crippen LogP contribution in [-0.4, -0.2) is 42.7 Å². The van der Waals surface area contributed by atoms with Crippen molar-refractivity contribution in [3.8, 4) is 0 Å². The van der Waals surface area contributed by atoms with E-state index in [1.807, 2.05) is 19.2 Å². The van der Waals surface area contributed by atoms with Crippen LogP contribution in [0, 0.1) is 23.6 Å². The fourth-order valence-corrected chi connectivity index (χ4v) is 5.45. The topological polar surface area (TPSA) is 65.1 Å². The minimum Gasteiger partial charge on any atom is -0.373 e. The number of hydrogen-bond acceptors (Lipinski definition) is 6. The fraction of sp³-hybridized carbons (Fsp3) is 0.545. The van der Waals surface area contributed by atoms with E-state index in [0.717, 1.165) is 48.4 Å². The first kappa shape index (κ1) is 18.6. The number of nitrogens with one attached hydrogen (secondary N) is 3. The molecule has 2 aromatic rings. The Bertz CT molecular complexity index is 916. The molecular weight excluding hydrogens is 367 g/mol. The van der Waals surface area contributed by atoms with Crippen LogP contribution in [0.4, 0.5) is 27.7 Å². The number of hydrogen-bond donors (Lipinski definition) is 3. The molecule has 6 nitrogen and oxygen atoms in total. The van der Waals surface area contributed by atoms with Gasteiger partial charge in [0.1, 0.15) is 17.5 Å². The second-order valence-corrected chi connectivity index (χ2v) is 9.31. The summed E-state index contributed by atoms with van der Waals surface area (Å²) in [6.07, 6.45) is 0. The van der Waals surface area contributed by atoms with Gasteiger partial charge in [-0.3, -0.25) is 0 Å². The van der Waals surface area contributed by atoms with Crippen molar-refractivity contribution in [2.24, 2.45) is 17.8 Å². The lowest BCUT2D eigenvalue weighted by Crippen LogP contribution is -2.65. The summed E-state index contributed by atoms with van der Waals surface area (Å²) in [6, 6.07) is 7.06. The molecule has 0 radical (unpaired) electrons. The zero-order chi connectivity index (χ0) is 20.3. The van der Waals surface area contributed by atoms with Gasteiger partial charge < -0.3 is 20.9 Å². The van der Waals surface area contributed by atoms with Gasteiger partial charge in [0, 0.05) is 49.4 Å². The Morgan fingerprint density at radius 1 is 1.14 bits per heavy atom. The zero-order valence-corrected chi connectivity index (χ0v) is 17.5. The van der Waals surface area contributed by atoms with Crippen LogP contribution in [0.25, 0.3) is 0 Å². The van der Waals surface area contributed by atoms with Crippen molar-refractivity contribution in [2.45, 2.75) is 32.2 Å². The van der Waals surface area contributed by atoms with Gasteiger partial charge in [-0.2, -0.15) is 9.97 Å². The molecule has 2 bridgehead atoms. The Hall–Kier alpha value is -2.41. The first-order chi connectivity index (χ1) is 13.9. The van der Waals surface area contributed by atoms with Crippen molar-refractivity contribution in [2.75, 3.05) is 42.2 Å². The monoisotopic (exact) mass is 396 g/mol. The Labute approximate surface area is 171 Å². The lowest BCUT2D eigenvalue weighted by atomic mass is 9.59. The minimum atomic E-state index is -0.229. The molecule has 1 aromatic heterocycles. The van der Waals surface area contributed by atoms with Crippen LogP contribution in [0.15, 0.2) is 24.3 Å². The van der Waals surface area contributed by atoms with Crippen LogP contribution in [0.2, 0.25) is 0 Å². The average molecular weight is 397 g/mol. The highest BCUT2D eigenvalue weighted by Crippen LogP contribution is 2.48. The maximum atomic E-state index is 13.5. The Morgan fingerprint density at radius 3 is 2.45 bits per heavy atom. The van der Waals surface area contributed by atoms with E-state index >= 15 is 0 Å². The highest BCUT2D eigenvalue weighted by molar-refractivity contribution is 5.75. The standard InChI is InChI=1S/C22H29FN6/c1-12-15-9-25-10-16(12)18(15)26-21-27-19(24-4)17-20(28-21)29(11-22(17,2)3)14-7-5-13(23)6-8-14/h5-8,12,15-16,18,25H,9-11H2,1-4H3,(H2,24,26,27,28). The third kappa shape index (κ3) is 2.86. The summed E-state index contributed by atoms with van der Waals surface area (Å²) in [5.41, 5.74) is 1.94. The molecule has 2 fully saturated rings. The smallest absolute Gasteiger partial charge is 0.226 e. The molecule has 1 aliphatic carbocycles. The van der Waals surface area contributed by atoms with Crippen molar-refractivity contribution < 1.29 is 4.39 Å². The molecule has 3 N–H and O–H groups in total. The third-order valence-electron chi connectivity index (χ3n) is 7.08. The number of piperidine rings is 2. The first-order valence-corrected chi connectivity index (χ1v) is 10.5. The van der Waals surface area contributed by atoms with Crippen molar-refractivity contribution in [1.29, 1.82) is 0 Å². The molecule has 7 heteroatoms. The Morgan fingerprint density at radius 2 is 1.83 bits per heavy atom. The van der Waals surface area contributed by atoms with E-state index in [2.05, 4.69) is 41.6 Å². The van der Waals surface area contributed by atoms with E-state index in [4.69, 9.17) is 9.97 Å². The Kier molecular flexibility index (Phi) is 4.21. The molecule has 3 aliphatic rings. The summed E-state index contributed by atoms with van der Waals surface area (Å²) in [4.78, 5) is 12.0. The molecule has 5 rings (SSSR count). The molecule has 2 aliphatic heterocycles. The van der Waals surface area contributed by atoms with Crippen molar-refractivity contribution in [3.05, 3.63) is 35.6 Å². The highest BCUT2D eigenvalue weighted by Gasteiger charge is 2.50. The second kappa shape index (κ2) is 6.55. The number of halogens is 1. The normalized spacial score (nSPS) is 29.2. The van der Waals surface area contributed by atoms with Crippen LogP contribution >= 0.6 is 0 Å². The fourth-order valence-electron chi connectivity index (χ4n) is 5.45. The molecule has 1 aromatic carbocycles. The molecule has 2 unspecified atom stereocenters. The number of fused-ring (bicyclic) bond motifs is 3. The summed E-state index contributed by atoms with van der Waals surface area (Å²) in [7, 11) is 1.91. The number of benzene rings is 1. The molecule has 1 saturated heterocycles. The maximum Gasteiger partial charge on any atom is 0.226 e. The largest absolute Gasteiger partial charge is 0.373 e. The van der Waals surface area contributed by atoms with Crippen LogP contribution in [0.1, 0.15) is 26.3 Å². The van der Waals surface area contributed by atoms with Crippen molar-refractivity contribution in [3.63, 3.8) is 0 Å². The molecule has 0 amide bonds. The summed E-state index contributed by atoms with van der Waals surface area (Å²) >= 11 is 0. The lowest BCUT2D eigenvalue weighted by Gasteiger charge is -2.55. The summed E-state index contributed by atoms with van der Waals surface area (Å²) in [5.74, 6) is 4.18.